The van der Waals surface area contributed by atoms with Gasteiger partial charge in [0.15, 0.2) is 5.92 Å². The second kappa shape index (κ2) is 7.06. The third-order valence-electron chi connectivity index (χ3n) is 4.37. The van der Waals surface area contributed by atoms with Crippen LogP contribution in [0.2, 0.25) is 0 Å². The SMILES string of the molecule is COc1ccccc1C(c1cccc2ccccc12)[C@@H](C#N)C(=O)O. The van der Waals surface area contributed by atoms with Crippen molar-refractivity contribution in [2.75, 3.05) is 7.11 Å². The Morgan fingerprint density at radius 1 is 1.00 bits per heavy atom. The first-order valence-corrected chi connectivity index (χ1v) is 7.90. The van der Waals surface area contributed by atoms with Crippen molar-refractivity contribution in [2.45, 2.75) is 5.92 Å². The summed E-state index contributed by atoms with van der Waals surface area (Å²) in [6.45, 7) is 0. The van der Waals surface area contributed by atoms with Gasteiger partial charge in [0.05, 0.1) is 13.2 Å². The number of fused-ring (bicyclic) bond motifs is 1. The van der Waals surface area contributed by atoms with E-state index in [0.717, 1.165) is 16.3 Å². The van der Waals surface area contributed by atoms with E-state index < -0.39 is 17.8 Å². The molecule has 0 bridgehead atoms. The van der Waals surface area contributed by atoms with Crippen molar-refractivity contribution >= 4 is 16.7 Å². The number of carboxylic acids is 1. The van der Waals surface area contributed by atoms with Gasteiger partial charge in [-0.15, -0.1) is 0 Å². The number of carboxylic acid groups (broad SMARTS) is 1. The number of nitrogens with zero attached hydrogens (tertiary/aromatic N) is 1. The Hall–Kier alpha value is -3.32. The quantitative estimate of drug-likeness (QED) is 0.760. The van der Waals surface area contributed by atoms with E-state index in [1.54, 1.807) is 13.2 Å². The summed E-state index contributed by atoms with van der Waals surface area (Å²) in [4.78, 5) is 11.8. The number of hydrogen-bond donors (Lipinski definition) is 1. The van der Waals surface area contributed by atoms with Gasteiger partial charge in [-0.25, -0.2) is 0 Å². The van der Waals surface area contributed by atoms with Gasteiger partial charge in [-0.1, -0.05) is 60.7 Å². The third kappa shape index (κ3) is 3.05. The second-order valence-electron chi connectivity index (χ2n) is 5.73. The molecular formula is C21H17NO3. The van der Waals surface area contributed by atoms with E-state index in [4.69, 9.17) is 4.74 Å². The fourth-order valence-corrected chi connectivity index (χ4v) is 3.24. The molecule has 124 valence electrons. The number of benzene rings is 3. The van der Waals surface area contributed by atoms with Crippen molar-refractivity contribution in [3.8, 4) is 11.8 Å². The zero-order valence-electron chi connectivity index (χ0n) is 13.7. The van der Waals surface area contributed by atoms with Crippen LogP contribution in [0.4, 0.5) is 0 Å². The van der Waals surface area contributed by atoms with E-state index in [-0.39, 0.29) is 0 Å². The number of nitriles is 1. The van der Waals surface area contributed by atoms with E-state index in [9.17, 15) is 15.2 Å². The molecule has 0 aliphatic rings. The lowest BCUT2D eigenvalue weighted by Gasteiger charge is -2.23. The molecule has 0 amide bonds. The molecule has 1 N–H and O–H groups in total. The number of carbonyl (C=O) groups is 1. The van der Waals surface area contributed by atoms with Crippen LogP contribution in [0.3, 0.4) is 0 Å². The zero-order valence-corrected chi connectivity index (χ0v) is 13.7. The van der Waals surface area contributed by atoms with Crippen LogP contribution in [0.25, 0.3) is 10.8 Å². The van der Waals surface area contributed by atoms with Crippen molar-refractivity contribution in [2.24, 2.45) is 5.92 Å². The van der Waals surface area contributed by atoms with Crippen molar-refractivity contribution in [1.82, 2.24) is 0 Å². The molecule has 0 fully saturated rings. The molecule has 1 unspecified atom stereocenters. The predicted molar refractivity (Wildman–Crippen MR) is 95.5 cm³/mol. The van der Waals surface area contributed by atoms with Crippen molar-refractivity contribution < 1.29 is 14.6 Å². The number of aliphatic carboxylic acids is 1. The predicted octanol–water partition coefficient (Wildman–Crippen LogP) is 4.20. The Morgan fingerprint density at radius 3 is 2.36 bits per heavy atom. The molecule has 3 rings (SSSR count). The van der Waals surface area contributed by atoms with Gasteiger partial charge in [0.2, 0.25) is 0 Å². The molecule has 2 atom stereocenters. The maximum Gasteiger partial charge on any atom is 0.321 e. The lowest BCUT2D eigenvalue weighted by atomic mass is 9.79. The second-order valence-corrected chi connectivity index (χ2v) is 5.73. The van der Waals surface area contributed by atoms with E-state index in [1.807, 2.05) is 66.7 Å². The highest BCUT2D eigenvalue weighted by Gasteiger charge is 2.33. The Bertz CT molecular complexity index is 953. The van der Waals surface area contributed by atoms with Crippen LogP contribution in [0.5, 0.6) is 5.75 Å². The lowest BCUT2D eigenvalue weighted by molar-refractivity contribution is -0.140. The maximum absolute atomic E-state index is 11.8. The van der Waals surface area contributed by atoms with Gasteiger partial charge in [0, 0.05) is 11.5 Å². The van der Waals surface area contributed by atoms with E-state index in [0.29, 0.717) is 11.3 Å². The minimum atomic E-state index is -1.22. The van der Waals surface area contributed by atoms with Gasteiger partial charge in [-0.3, -0.25) is 4.79 Å². The molecule has 4 heteroatoms. The number of para-hydroxylation sites is 1. The van der Waals surface area contributed by atoms with Crippen LogP contribution < -0.4 is 4.74 Å². The summed E-state index contributed by atoms with van der Waals surface area (Å²) < 4.78 is 5.43. The lowest BCUT2D eigenvalue weighted by Crippen LogP contribution is -2.22. The molecule has 3 aromatic carbocycles. The maximum atomic E-state index is 11.8. The molecule has 0 spiro atoms. The van der Waals surface area contributed by atoms with Gasteiger partial charge in [0.25, 0.3) is 0 Å². The van der Waals surface area contributed by atoms with Crippen LogP contribution >= 0.6 is 0 Å². The van der Waals surface area contributed by atoms with E-state index >= 15 is 0 Å². The average Bonchev–Trinajstić information content (AvgIpc) is 2.65. The fourth-order valence-electron chi connectivity index (χ4n) is 3.24. The molecule has 4 nitrogen and oxygen atoms in total. The first kappa shape index (κ1) is 16.5. The van der Waals surface area contributed by atoms with Crippen LogP contribution in [0.1, 0.15) is 17.0 Å². The molecule has 0 aliphatic heterocycles. The fraction of sp³-hybridized carbons (Fsp3) is 0.143. The standard InChI is InChI=1S/C21H17NO3/c1-25-19-12-5-4-10-17(19)20(18(13-22)21(23)24)16-11-6-8-14-7-2-3-9-15(14)16/h2-12,18,20H,1H3,(H,23,24)/t18-,20?/m1/s1. The third-order valence-corrected chi connectivity index (χ3v) is 4.37. The number of ether oxygens (including phenoxy) is 1. The minimum absolute atomic E-state index is 0.571. The molecule has 25 heavy (non-hydrogen) atoms. The first-order valence-electron chi connectivity index (χ1n) is 7.90. The Morgan fingerprint density at radius 2 is 1.64 bits per heavy atom. The molecule has 0 aliphatic carbocycles. The normalized spacial score (nSPS) is 13.0. The largest absolute Gasteiger partial charge is 0.496 e. The summed E-state index contributed by atoms with van der Waals surface area (Å²) in [5.74, 6) is -2.43. The average molecular weight is 331 g/mol. The number of methoxy groups -OCH3 is 1. The Kier molecular flexibility index (Phi) is 4.67. The summed E-state index contributed by atoms with van der Waals surface area (Å²) in [6.07, 6.45) is 0. The van der Waals surface area contributed by atoms with Gasteiger partial charge in [-0.05, 0) is 22.4 Å². The summed E-state index contributed by atoms with van der Waals surface area (Å²) in [5, 5.41) is 21.1. The smallest absolute Gasteiger partial charge is 0.321 e. The van der Waals surface area contributed by atoms with Crippen molar-refractivity contribution in [3.05, 3.63) is 77.9 Å². The first-order chi connectivity index (χ1) is 12.2. The van der Waals surface area contributed by atoms with Crippen LogP contribution in [-0.4, -0.2) is 18.2 Å². The Balaban J connectivity index is 2.31. The van der Waals surface area contributed by atoms with Crippen LogP contribution in [0.15, 0.2) is 66.7 Å². The minimum Gasteiger partial charge on any atom is -0.496 e. The molecule has 0 saturated carbocycles. The monoisotopic (exact) mass is 331 g/mol. The van der Waals surface area contributed by atoms with Crippen LogP contribution in [-0.2, 0) is 4.79 Å². The Labute approximate surface area is 145 Å². The summed E-state index contributed by atoms with van der Waals surface area (Å²) >= 11 is 0. The van der Waals surface area contributed by atoms with Gasteiger partial charge in [-0.2, -0.15) is 5.26 Å². The molecule has 0 aromatic heterocycles. The van der Waals surface area contributed by atoms with E-state index in [2.05, 4.69) is 0 Å². The molecule has 0 saturated heterocycles. The summed E-state index contributed by atoms with van der Waals surface area (Å²) in [7, 11) is 1.54. The molecule has 0 radical (unpaired) electrons. The van der Waals surface area contributed by atoms with Crippen molar-refractivity contribution in [1.29, 1.82) is 5.26 Å². The molecule has 3 aromatic rings. The highest BCUT2D eigenvalue weighted by molar-refractivity contribution is 5.88. The number of rotatable bonds is 5. The van der Waals surface area contributed by atoms with E-state index in [1.165, 1.54) is 0 Å². The van der Waals surface area contributed by atoms with Crippen LogP contribution in [0, 0.1) is 17.2 Å². The summed E-state index contributed by atoms with van der Waals surface area (Å²) in [6, 6.07) is 22.7. The van der Waals surface area contributed by atoms with Gasteiger partial charge < -0.3 is 9.84 Å². The highest BCUT2D eigenvalue weighted by atomic mass is 16.5. The van der Waals surface area contributed by atoms with Crippen molar-refractivity contribution in [3.63, 3.8) is 0 Å². The topological polar surface area (TPSA) is 70.3 Å². The molecule has 0 heterocycles. The molecular weight excluding hydrogens is 314 g/mol. The number of hydrogen-bond acceptors (Lipinski definition) is 3. The van der Waals surface area contributed by atoms with Gasteiger partial charge >= 0.3 is 5.97 Å². The summed E-state index contributed by atoms with van der Waals surface area (Å²) in [5.41, 5.74) is 1.49. The zero-order chi connectivity index (χ0) is 17.8. The van der Waals surface area contributed by atoms with Gasteiger partial charge in [0.1, 0.15) is 5.75 Å². The highest BCUT2D eigenvalue weighted by Crippen LogP contribution is 2.40.